The van der Waals surface area contributed by atoms with Crippen LogP contribution in [0.5, 0.6) is 0 Å². The third-order valence-corrected chi connectivity index (χ3v) is 4.45. The van der Waals surface area contributed by atoms with Gasteiger partial charge >= 0.3 is 0 Å². The normalized spacial score (nSPS) is 10.9. The first-order valence-electron chi connectivity index (χ1n) is 9.07. The molecular formula is C23H18N4O2. The smallest absolute Gasteiger partial charge is 0.273 e. The Labute approximate surface area is 167 Å². The number of hydrogen-bond acceptors (Lipinski definition) is 3. The first kappa shape index (κ1) is 18.2. The van der Waals surface area contributed by atoms with E-state index in [-0.39, 0.29) is 5.91 Å². The van der Waals surface area contributed by atoms with Gasteiger partial charge in [-0.15, -0.1) is 0 Å². The van der Waals surface area contributed by atoms with Crippen molar-refractivity contribution in [3.05, 3.63) is 102 Å². The highest BCUT2D eigenvalue weighted by atomic mass is 16.2. The largest absolute Gasteiger partial charge is 0.361 e. The lowest BCUT2D eigenvalue weighted by molar-refractivity contribution is 0.0956. The van der Waals surface area contributed by atoms with E-state index in [1.165, 1.54) is 0 Å². The molecule has 0 aliphatic heterocycles. The predicted molar refractivity (Wildman–Crippen MR) is 114 cm³/mol. The molecule has 0 fully saturated rings. The lowest BCUT2D eigenvalue weighted by atomic mass is 10.1. The Kier molecular flexibility index (Phi) is 5.16. The number of hydrogen-bond donors (Lipinski definition) is 3. The zero-order chi connectivity index (χ0) is 20.1. The second-order valence-corrected chi connectivity index (χ2v) is 6.35. The van der Waals surface area contributed by atoms with Crippen LogP contribution >= 0.6 is 0 Å². The Morgan fingerprint density at radius 3 is 2.41 bits per heavy atom. The molecule has 0 spiro atoms. The van der Waals surface area contributed by atoms with Gasteiger partial charge in [0.1, 0.15) is 0 Å². The first-order chi connectivity index (χ1) is 14.2. The molecule has 0 radical (unpaired) electrons. The maximum atomic E-state index is 12.6. The van der Waals surface area contributed by atoms with Crippen LogP contribution in [0.3, 0.4) is 0 Å². The van der Waals surface area contributed by atoms with Crippen LogP contribution in [-0.2, 0) is 0 Å². The summed E-state index contributed by atoms with van der Waals surface area (Å²) in [5.74, 6) is -0.696. The summed E-state index contributed by atoms with van der Waals surface area (Å²) in [6, 6.07) is 23.5. The number of nitrogens with one attached hydrogen (secondary N) is 3. The van der Waals surface area contributed by atoms with Crippen molar-refractivity contribution < 1.29 is 9.59 Å². The molecule has 0 saturated carbocycles. The van der Waals surface area contributed by atoms with E-state index in [4.69, 9.17) is 0 Å². The summed E-state index contributed by atoms with van der Waals surface area (Å²) in [7, 11) is 0. The first-order valence-corrected chi connectivity index (χ1v) is 9.07. The van der Waals surface area contributed by atoms with Gasteiger partial charge in [-0.25, -0.2) is 5.43 Å². The molecule has 4 aromatic rings. The molecule has 0 unspecified atom stereocenters. The number of anilines is 1. The van der Waals surface area contributed by atoms with E-state index in [1.54, 1.807) is 54.7 Å². The average molecular weight is 382 g/mol. The molecule has 0 aliphatic carbocycles. The fourth-order valence-corrected chi connectivity index (χ4v) is 3.00. The highest BCUT2D eigenvalue weighted by Gasteiger charge is 2.13. The molecule has 1 aromatic heterocycles. The number of hydrazone groups is 1. The van der Waals surface area contributed by atoms with Gasteiger partial charge in [-0.1, -0.05) is 48.5 Å². The summed E-state index contributed by atoms with van der Waals surface area (Å²) in [6.07, 6.45) is 3.41. The molecule has 0 aliphatic rings. The zero-order valence-corrected chi connectivity index (χ0v) is 15.4. The molecule has 29 heavy (non-hydrogen) atoms. The van der Waals surface area contributed by atoms with E-state index >= 15 is 0 Å². The second-order valence-electron chi connectivity index (χ2n) is 6.35. The minimum absolute atomic E-state index is 0.284. The van der Waals surface area contributed by atoms with Crippen molar-refractivity contribution in [2.75, 3.05) is 5.32 Å². The van der Waals surface area contributed by atoms with Crippen molar-refractivity contribution in [3.8, 4) is 0 Å². The van der Waals surface area contributed by atoms with E-state index < -0.39 is 5.91 Å². The Morgan fingerprint density at radius 2 is 1.55 bits per heavy atom. The molecule has 3 N–H and O–H groups in total. The van der Waals surface area contributed by atoms with Gasteiger partial charge in [0.2, 0.25) is 0 Å². The molecule has 2 amide bonds. The average Bonchev–Trinajstić information content (AvgIpc) is 3.18. The number of fused-ring (bicyclic) bond motifs is 1. The number of carbonyl (C=O) groups excluding carboxylic acids is 2. The maximum absolute atomic E-state index is 12.6. The van der Waals surface area contributed by atoms with Gasteiger partial charge in [0.15, 0.2) is 0 Å². The summed E-state index contributed by atoms with van der Waals surface area (Å²) < 4.78 is 0. The van der Waals surface area contributed by atoms with Gasteiger partial charge in [-0.05, 0) is 30.3 Å². The van der Waals surface area contributed by atoms with Crippen molar-refractivity contribution in [1.29, 1.82) is 0 Å². The highest BCUT2D eigenvalue weighted by molar-refractivity contribution is 6.09. The number of amides is 2. The molecule has 0 bridgehead atoms. The van der Waals surface area contributed by atoms with Crippen LogP contribution in [0, 0.1) is 0 Å². The second kappa shape index (κ2) is 8.22. The number of aromatic nitrogens is 1. The van der Waals surface area contributed by atoms with Gasteiger partial charge in [-0.3, -0.25) is 9.59 Å². The van der Waals surface area contributed by atoms with Crippen molar-refractivity contribution >= 4 is 34.6 Å². The minimum atomic E-state index is -0.412. The van der Waals surface area contributed by atoms with Crippen LogP contribution in [0.1, 0.15) is 26.3 Å². The summed E-state index contributed by atoms with van der Waals surface area (Å²) in [6.45, 7) is 0. The third kappa shape index (κ3) is 4.06. The van der Waals surface area contributed by atoms with Crippen molar-refractivity contribution in [2.24, 2.45) is 5.10 Å². The molecule has 6 nitrogen and oxygen atoms in total. The number of nitrogens with zero attached hydrogens (tertiary/aromatic N) is 1. The Bertz CT molecular complexity index is 1200. The fourth-order valence-electron chi connectivity index (χ4n) is 3.00. The third-order valence-electron chi connectivity index (χ3n) is 4.45. The Morgan fingerprint density at radius 1 is 0.828 bits per heavy atom. The molecule has 3 aromatic carbocycles. The van der Waals surface area contributed by atoms with Gasteiger partial charge in [0.05, 0.1) is 17.5 Å². The van der Waals surface area contributed by atoms with Gasteiger partial charge in [-0.2, -0.15) is 5.10 Å². The Balaban J connectivity index is 1.48. The quantitative estimate of drug-likeness (QED) is 0.357. The van der Waals surface area contributed by atoms with E-state index in [1.807, 2.05) is 36.5 Å². The van der Waals surface area contributed by atoms with Gasteiger partial charge < -0.3 is 10.3 Å². The molecule has 4 rings (SSSR count). The molecule has 6 heteroatoms. The van der Waals surface area contributed by atoms with Gasteiger partial charge in [0.25, 0.3) is 11.8 Å². The maximum Gasteiger partial charge on any atom is 0.273 e. The fraction of sp³-hybridized carbons (Fsp3) is 0. The van der Waals surface area contributed by atoms with Crippen molar-refractivity contribution in [1.82, 2.24) is 10.4 Å². The summed E-state index contributed by atoms with van der Waals surface area (Å²) in [5, 5.41) is 7.86. The summed E-state index contributed by atoms with van der Waals surface area (Å²) >= 11 is 0. The van der Waals surface area contributed by atoms with Crippen LogP contribution in [0.2, 0.25) is 0 Å². The summed E-state index contributed by atoms with van der Waals surface area (Å²) in [5.41, 5.74) is 5.64. The number of para-hydroxylation sites is 2. The van der Waals surface area contributed by atoms with Crippen LogP contribution in [-0.4, -0.2) is 23.0 Å². The predicted octanol–water partition coefficient (Wildman–Crippen LogP) is 4.18. The van der Waals surface area contributed by atoms with E-state index in [9.17, 15) is 9.59 Å². The number of rotatable bonds is 5. The molecule has 142 valence electrons. The summed E-state index contributed by atoms with van der Waals surface area (Å²) in [4.78, 5) is 28.2. The van der Waals surface area contributed by atoms with Crippen LogP contribution < -0.4 is 10.7 Å². The number of H-pyrrole nitrogens is 1. The zero-order valence-electron chi connectivity index (χ0n) is 15.4. The van der Waals surface area contributed by atoms with Gasteiger partial charge in [0, 0.05) is 28.2 Å². The standard InChI is InChI=1S/C23H18N4O2/c28-22(16-8-2-1-3-9-16)26-21-13-7-5-11-19(21)23(29)27-25-15-17-14-24-20-12-6-4-10-18(17)20/h1-15,24H,(H,26,28)(H,27,29). The van der Waals surface area contributed by atoms with E-state index in [0.717, 1.165) is 16.5 Å². The van der Waals surface area contributed by atoms with Crippen LogP contribution in [0.4, 0.5) is 5.69 Å². The topological polar surface area (TPSA) is 86.3 Å². The van der Waals surface area contributed by atoms with E-state index in [2.05, 4.69) is 20.8 Å². The lowest BCUT2D eigenvalue weighted by Crippen LogP contribution is -2.21. The molecular weight excluding hydrogens is 364 g/mol. The van der Waals surface area contributed by atoms with Crippen molar-refractivity contribution in [2.45, 2.75) is 0 Å². The number of benzene rings is 3. The highest BCUT2D eigenvalue weighted by Crippen LogP contribution is 2.17. The minimum Gasteiger partial charge on any atom is -0.361 e. The number of aromatic amines is 1. The molecule has 0 atom stereocenters. The lowest BCUT2D eigenvalue weighted by Gasteiger charge is -2.10. The van der Waals surface area contributed by atoms with Crippen molar-refractivity contribution in [3.63, 3.8) is 0 Å². The van der Waals surface area contributed by atoms with Crippen LogP contribution in [0.25, 0.3) is 10.9 Å². The van der Waals surface area contributed by atoms with Crippen LogP contribution in [0.15, 0.2) is 90.2 Å². The van der Waals surface area contributed by atoms with E-state index in [0.29, 0.717) is 16.8 Å². The number of carbonyl (C=O) groups is 2. The molecule has 0 saturated heterocycles. The SMILES string of the molecule is O=C(Nc1ccccc1C(=O)NN=Cc1c[nH]c2ccccc12)c1ccccc1. The Hall–Kier alpha value is -4.19. The molecule has 1 heterocycles. The monoisotopic (exact) mass is 382 g/mol.